The second-order valence-electron chi connectivity index (χ2n) is 3.92. The minimum atomic E-state index is 0.397. The van der Waals surface area contributed by atoms with Crippen molar-refractivity contribution >= 4 is 15.9 Å². The van der Waals surface area contributed by atoms with Crippen molar-refractivity contribution in [1.29, 1.82) is 0 Å². The zero-order valence-electron chi connectivity index (χ0n) is 9.47. The number of hydrogen-bond acceptors (Lipinski definition) is 2. The zero-order valence-corrected chi connectivity index (χ0v) is 11.1. The molecule has 1 aromatic carbocycles. The predicted octanol–water partition coefficient (Wildman–Crippen LogP) is 3.35. The van der Waals surface area contributed by atoms with E-state index in [4.69, 9.17) is 0 Å². The molecule has 3 heteroatoms. The van der Waals surface area contributed by atoms with Gasteiger partial charge in [0, 0.05) is 22.6 Å². The van der Waals surface area contributed by atoms with Crippen LogP contribution in [0.3, 0.4) is 0 Å². The molecule has 2 N–H and O–H groups in total. The summed E-state index contributed by atoms with van der Waals surface area (Å²) in [5.74, 6) is 0.397. The van der Waals surface area contributed by atoms with E-state index in [-0.39, 0.29) is 0 Å². The lowest BCUT2D eigenvalue weighted by atomic mass is 10.1. The number of phenols is 1. The average molecular weight is 272 g/mol. The van der Waals surface area contributed by atoms with E-state index in [0.29, 0.717) is 18.3 Å². The summed E-state index contributed by atoms with van der Waals surface area (Å²) < 4.78 is 1.01. The summed E-state index contributed by atoms with van der Waals surface area (Å²) in [5.41, 5.74) is 1.85. The van der Waals surface area contributed by atoms with Crippen LogP contribution >= 0.6 is 15.9 Å². The lowest BCUT2D eigenvalue weighted by molar-refractivity contribution is 0.453. The number of halogens is 1. The van der Waals surface area contributed by atoms with E-state index >= 15 is 0 Å². The van der Waals surface area contributed by atoms with Crippen molar-refractivity contribution in [2.24, 2.45) is 0 Å². The smallest absolute Gasteiger partial charge is 0.123 e. The van der Waals surface area contributed by atoms with Gasteiger partial charge in [-0.15, -0.1) is 0 Å². The Morgan fingerprint density at radius 2 is 2.13 bits per heavy atom. The van der Waals surface area contributed by atoms with Gasteiger partial charge in [0.1, 0.15) is 5.75 Å². The topological polar surface area (TPSA) is 32.3 Å². The van der Waals surface area contributed by atoms with E-state index in [1.165, 1.54) is 0 Å². The van der Waals surface area contributed by atoms with Crippen molar-refractivity contribution in [3.63, 3.8) is 0 Å². The maximum absolute atomic E-state index is 9.85. The van der Waals surface area contributed by atoms with Gasteiger partial charge in [-0.05, 0) is 38.0 Å². The standard InChI is InChI=1S/C12H18BrNO/c1-4-9(3)14-7-10-6-11(13)5-8(2)12(10)15/h5-6,9,14-15H,4,7H2,1-3H3. The van der Waals surface area contributed by atoms with Gasteiger partial charge in [-0.25, -0.2) is 0 Å². The van der Waals surface area contributed by atoms with Crippen molar-refractivity contribution in [1.82, 2.24) is 5.32 Å². The highest BCUT2D eigenvalue weighted by atomic mass is 79.9. The molecule has 0 aliphatic carbocycles. The van der Waals surface area contributed by atoms with Gasteiger partial charge in [-0.1, -0.05) is 22.9 Å². The lowest BCUT2D eigenvalue weighted by Gasteiger charge is -2.13. The molecular formula is C12H18BrNO. The van der Waals surface area contributed by atoms with Crippen LogP contribution in [-0.2, 0) is 6.54 Å². The van der Waals surface area contributed by atoms with Crippen molar-refractivity contribution in [2.75, 3.05) is 0 Å². The molecule has 0 aromatic heterocycles. The van der Waals surface area contributed by atoms with Gasteiger partial charge < -0.3 is 10.4 Å². The quantitative estimate of drug-likeness (QED) is 0.881. The van der Waals surface area contributed by atoms with Crippen molar-refractivity contribution in [2.45, 2.75) is 39.8 Å². The molecule has 84 valence electrons. The largest absolute Gasteiger partial charge is 0.507 e. The Balaban J connectivity index is 2.76. The molecule has 2 nitrogen and oxygen atoms in total. The summed E-state index contributed by atoms with van der Waals surface area (Å²) in [6.07, 6.45) is 1.09. The van der Waals surface area contributed by atoms with Crippen LogP contribution in [0.5, 0.6) is 5.75 Å². The van der Waals surface area contributed by atoms with Crippen molar-refractivity contribution < 1.29 is 5.11 Å². The molecule has 0 aliphatic rings. The molecule has 0 bridgehead atoms. The molecule has 0 saturated carbocycles. The first kappa shape index (κ1) is 12.5. The third-order valence-corrected chi connectivity index (χ3v) is 3.06. The fourth-order valence-corrected chi connectivity index (χ4v) is 1.99. The third kappa shape index (κ3) is 3.50. The number of phenolic OH excluding ortho intramolecular Hbond substituents is 1. The third-order valence-electron chi connectivity index (χ3n) is 2.60. The maximum atomic E-state index is 9.85. The highest BCUT2D eigenvalue weighted by Gasteiger charge is 2.06. The summed E-state index contributed by atoms with van der Waals surface area (Å²) in [6, 6.07) is 4.35. The molecule has 15 heavy (non-hydrogen) atoms. The Morgan fingerprint density at radius 1 is 1.47 bits per heavy atom. The molecule has 1 aromatic rings. The monoisotopic (exact) mass is 271 g/mol. The maximum Gasteiger partial charge on any atom is 0.123 e. The summed E-state index contributed by atoms with van der Waals surface area (Å²) in [5, 5.41) is 13.2. The van der Waals surface area contributed by atoms with Gasteiger partial charge in [0.2, 0.25) is 0 Å². The molecule has 0 aliphatic heterocycles. The predicted molar refractivity (Wildman–Crippen MR) is 67.1 cm³/mol. The van der Waals surface area contributed by atoms with Crippen LogP contribution in [0.15, 0.2) is 16.6 Å². The Kier molecular flexibility index (Phi) is 4.61. The van der Waals surface area contributed by atoms with Crippen LogP contribution in [0.1, 0.15) is 31.4 Å². The van der Waals surface area contributed by atoms with Gasteiger partial charge in [0.15, 0.2) is 0 Å². The molecular weight excluding hydrogens is 254 g/mol. The molecule has 0 spiro atoms. The van der Waals surface area contributed by atoms with E-state index in [1.54, 1.807) is 0 Å². The van der Waals surface area contributed by atoms with Gasteiger partial charge >= 0.3 is 0 Å². The molecule has 1 rings (SSSR count). The Morgan fingerprint density at radius 3 is 2.73 bits per heavy atom. The van der Waals surface area contributed by atoms with E-state index in [2.05, 4.69) is 35.1 Å². The van der Waals surface area contributed by atoms with Gasteiger partial charge in [-0.3, -0.25) is 0 Å². The van der Waals surface area contributed by atoms with Gasteiger partial charge in [0.25, 0.3) is 0 Å². The second-order valence-corrected chi connectivity index (χ2v) is 4.84. The lowest BCUT2D eigenvalue weighted by Crippen LogP contribution is -2.24. The first-order chi connectivity index (χ1) is 7.04. The summed E-state index contributed by atoms with van der Waals surface area (Å²) in [4.78, 5) is 0. The highest BCUT2D eigenvalue weighted by molar-refractivity contribution is 9.10. The Labute approximate surface area is 99.8 Å². The molecule has 1 unspecified atom stereocenters. The first-order valence-corrected chi connectivity index (χ1v) is 6.05. The molecule has 0 amide bonds. The van der Waals surface area contributed by atoms with Gasteiger partial charge in [0.05, 0.1) is 0 Å². The van der Waals surface area contributed by atoms with E-state index in [9.17, 15) is 5.11 Å². The van der Waals surface area contributed by atoms with E-state index in [1.807, 2.05) is 19.1 Å². The minimum Gasteiger partial charge on any atom is -0.507 e. The highest BCUT2D eigenvalue weighted by Crippen LogP contribution is 2.26. The normalized spacial score (nSPS) is 12.8. The number of rotatable bonds is 4. The number of benzene rings is 1. The second kappa shape index (κ2) is 5.52. The first-order valence-electron chi connectivity index (χ1n) is 5.26. The van der Waals surface area contributed by atoms with Crippen LogP contribution in [0.4, 0.5) is 0 Å². The number of nitrogens with one attached hydrogen (secondary N) is 1. The average Bonchev–Trinajstić information content (AvgIpc) is 2.20. The SMILES string of the molecule is CCC(C)NCc1cc(Br)cc(C)c1O. The fourth-order valence-electron chi connectivity index (χ4n) is 1.37. The van der Waals surface area contributed by atoms with Crippen molar-refractivity contribution in [3.8, 4) is 5.75 Å². The molecule has 0 radical (unpaired) electrons. The van der Waals surface area contributed by atoms with Gasteiger partial charge in [-0.2, -0.15) is 0 Å². The Hall–Kier alpha value is -0.540. The number of hydrogen-bond donors (Lipinski definition) is 2. The molecule has 1 atom stereocenters. The molecule has 0 saturated heterocycles. The minimum absolute atomic E-state index is 0.397. The van der Waals surface area contributed by atoms with Crippen molar-refractivity contribution in [3.05, 3.63) is 27.7 Å². The van der Waals surface area contributed by atoms with Crippen LogP contribution < -0.4 is 5.32 Å². The summed E-state index contributed by atoms with van der Waals surface area (Å²) >= 11 is 3.43. The van der Waals surface area contributed by atoms with E-state index in [0.717, 1.165) is 22.0 Å². The zero-order chi connectivity index (χ0) is 11.4. The summed E-state index contributed by atoms with van der Waals surface area (Å²) in [6.45, 7) is 6.90. The molecule has 0 fully saturated rings. The van der Waals surface area contributed by atoms with Crippen LogP contribution in [0.2, 0.25) is 0 Å². The molecule has 0 heterocycles. The number of aromatic hydroxyl groups is 1. The van der Waals surface area contributed by atoms with Crippen LogP contribution in [0, 0.1) is 6.92 Å². The van der Waals surface area contributed by atoms with Crippen LogP contribution in [-0.4, -0.2) is 11.1 Å². The summed E-state index contributed by atoms with van der Waals surface area (Å²) in [7, 11) is 0. The fraction of sp³-hybridized carbons (Fsp3) is 0.500. The van der Waals surface area contributed by atoms with E-state index < -0.39 is 0 Å². The Bertz CT molecular complexity index is 339. The van der Waals surface area contributed by atoms with Crippen LogP contribution in [0.25, 0.3) is 0 Å². The number of aryl methyl sites for hydroxylation is 1.